The van der Waals surface area contributed by atoms with Crippen LogP contribution in [0.4, 0.5) is 11.9 Å². The van der Waals surface area contributed by atoms with Crippen LogP contribution in [0.15, 0.2) is 17.5 Å². The quantitative estimate of drug-likeness (QED) is 0.503. The number of nitrogens with two attached hydrogens (primary N) is 1. The first-order chi connectivity index (χ1) is 9.81. The van der Waals surface area contributed by atoms with E-state index in [1.165, 1.54) is 4.88 Å². The number of anilines is 2. The minimum atomic E-state index is 0.272. The van der Waals surface area contributed by atoms with Crippen LogP contribution in [0.5, 0.6) is 6.01 Å². The van der Waals surface area contributed by atoms with Gasteiger partial charge in [0.1, 0.15) is 0 Å². The van der Waals surface area contributed by atoms with Gasteiger partial charge in [-0.3, -0.25) is 5.43 Å². The molecule has 2 heterocycles. The second kappa shape index (κ2) is 7.61. The number of ether oxygens (including phenoxy) is 1. The van der Waals surface area contributed by atoms with E-state index >= 15 is 0 Å². The van der Waals surface area contributed by atoms with E-state index in [4.69, 9.17) is 10.6 Å². The van der Waals surface area contributed by atoms with Gasteiger partial charge in [0.05, 0.1) is 6.61 Å². The lowest BCUT2D eigenvalue weighted by atomic mass is 10.3. The van der Waals surface area contributed by atoms with Crippen molar-refractivity contribution in [2.75, 3.05) is 23.9 Å². The van der Waals surface area contributed by atoms with Crippen LogP contribution in [-0.4, -0.2) is 28.1 Å². The van der Waals surface area contributed by atoms with Crippen LogP contribution in [-0.2, 0) is 6.42 Å². The number of nitrogen functional groups attached to an aromatic ring is 1. The van der Waals surface area contributed by atoms with Gasteiger partial charge < -0.3 is 10.1 Å². The average Bonchev–Trinajstić information content (AvgIpc) is 2.98. The third-order valence-corrected chi connectivity index (χ3v) is 3.35. The van der Waals surface area contributed by atoms with Gasteiger partial charge in [0.2, 0.25) is 11.9 Å². The Morgan fingerprint density at radius 2 is 2.15 bits per heavy atom. The predicted molar refractivity (Wildman–Crippen MR) is 79.9 cm³/mol. The zero-order valence-corrected chi connectivity index (χ0v) is 12.1. The van der Waals surface area contributed by atoms with Crippen LogP contribution in [0.1, 0.15) is 18.2 Å². The normalized spacial score (nSPS) is 10.3. The number of aromatic nitrogens is 3. The van der Waals surface area contributed by atoms with Crippen molar-refractivity contribution in [1.29, 1.82) is 0 Å². The summed E-state index contributed by atoms with van der Waals surface area (Å²) in [6, 6.07) is 4.41. The molecule has 0 aliphatic heterocycles. The van der Waals surface area contributed by atoms with Crippen LogP contribution in [0, 0.1) is 0 Å². The van der Waals surface area contributed by atoms with Crippen molar-refractivity contribution >= 4 is 23.2 Å². The monoisotopic (exact) mass is 294 g/mol. The topological polar surface area (TPSA) is 98.0 Å². The van der Waals surface area contributed by atoms with Crippen molar-refractivity contribution in [3.63, 3.8) is 0 Å². The van der Waals surface area contributed by atoms with E-state index in [1.807, 2.05) is 13.0 Å². The molecular weight excluding hydrogens is 276 g/mol. The summed E-state index contributed by atoms with van der Waals surface area (Å²) >= 11 is 1.73. The molecule has 4 N–H and O–H groups in total. The molecule has 0 spiro atoms. The molecule has 2 aromatic heterocycles. The maximum Gasteiger partial charge on any atom is 0.323 e. The van der Waals surface area contributed by atoms with Gasteiger partial charge in [-0.25, -0.2) is 5.84 Å². The molecule has 0 radical (unpaired) electrons. The fraction of sp³-hybridized carbons (Fsp3) is 0.417. The number of hydrogen-bond acceptors (Lipinski definition) is 8. The van der Waals surface area contributed by atoms with Crippen molar-refractivity contribution < 1.29 is 4.74 Å². The highest BCUT2D eigenvalue weighted by molar-refractivity contribution is 7.09. The molecule has 0 saturated heterocycles. The summed E-state index contributed by atoms with van der Waals surface area (Å²) in [4.78, 5) is 13.7. The Hall–Kier alpha value is -1.93. The average molecular weight is 294 g/mol. The molecule has 0 aliphatic carbocycles. The molecule has 0 aromatic carbocycles. The zero-order chi connectivity index (χ0) is 14.2. The molecule has 0 saturated carbocycles. The molecule has 8 heteroatoms. The van der Waals surface area contributed by atoms with Crippen molar-refractivity contribution in [2.45, 2.75) is 19.8 Å². The zero-order valence-electron chi connectivity index (χ0n) is 11.3. The molecule has 0 aliphatic rings. The van der Waals surface area contributed by atoms with Crippen LogP contribution in [0.2, 0.25) is 0 Å². The highest BCUT2D eigenvalue weighted by Gasteiger charge is 2.06. The van der Waals surface area contributed by atoms with E-state index in [1.54, 1.807) is 11.3 Å². The van der Waals surface area contributed by atoms with E-state index in [-0.39, 0.29) is 12.0 Å². The maximum atomic E-state index is 5.39. The van der Waals surface area contributed by atoms with E-state index in [0.29, 0.717) is 12.6 Å². The third kappa shape index (κ3) is 4.32. The summed E-state index contributed by atoms with van der Waals surface area (Å²) in [5, 5.41) is 5.20. The van der Waals surface area contributed by atoms with Crippen molar-refractivity contribution in [3.05, 3.63) is 22.4 Å². The lowest BCUT2D eigenvalue weighted by Crippen LogP contribution is -2.15. The number of rotatable bonds is 8. The number of thiophene rings is 1. The second-order valence-corrected chi connectivity index (χ2v) is 5.05. The van der Waals surface area contributed by atoms with Crippen LogP contribution >= 0.6 is 11.3 Å². The Morgan fingerprint density at radius 3 is 2.85 bits per heavy atom. The van der Waals surface area contributed by atoms with Crippen molar-refractivity contribution in [1.82, 2.24) is 15.0 Å². The Kier molecular flexibility index (Phi) is 5.51. The van der Waals surface area contributed by atoms with Crippen LogP contribution in [0.3, 0.4) is 0 Å². The van der Waals surface area contributed by atoms with E-state index < -0.39 is 0 Å². The van der Waals surface area contributed by atoms with Gasteiger partial charge in [0, 0.05) is 11.4 Å². The lowest BCUT2D eigenvalue weighted by molar-refractivity contribution is 0.292. The number of hydrazine groups is 1. The molecule has 0 atom stereocenters. The van der Waals surface area contributed by atoms with Crippen molar-refractivity contribution in [2.24, 2.45) is 5.84 Å². The third-order valence-electron chi connectivity index (χ3n) is 2.41. The molecule has 0 unspecified atom stereocenters. The van der Waals surface area contributed by atoms with Crippen LogP contribution < -0.4 is 21.3 Å². The Morgan fingerprint density at radius 1 is 1.30 bits per heavy atom. The summed E-state index contributed by atoms with van der Waals surface area (Å²) < 4.78 is 5.39. The highest BCUT2D eigenvalue weighted by Crippen LogP contribution is 2.12. The van der Waals surface area contributed by atoms with E-state index in [2.05, 4.69) is 37.1 Å². The molecule has 2 aromatic rings. The molecule has 108 valence electrons. The number of nitrogens with one attached hydrogen (secondary N) is 2. The van der Waals surface area contributed by atoms with Gasteiger partial charge >= 0.3 is 6.01 Å². The van der Waals surface area contributed by atoms with Crippen LogP contribution in [0.25, 0.3) is 0 Å². The van der Waals surface area contributed by atoms with E-state index in [0.717, 1.165) is 19.4 Å². The first-order valence-electron chi connectivity index (χ1n) is 6.43. The highest BCUT2D eigenvalue weighted by atomic mass is 32.1. The molecule has 0 fully saturated rings. The molecule has 7 nitrogen and oxygen atoms in total. The van der Waals surface area contributed by atoms with Gasteiger partial charge in [0.15, 0.2) is 0 Å². The first-order valence-corrected chi connectivity index (χ1v) is 7.31. The minimum absolute atomic E-state index is 0.272. The fourth-order valence-corrected chi connectivity index (χ4v) is 2.22. The summed E-state index contributed by atoms with van der Waals surface area (Å²) in [6.45, 7) is 3.31. The lowest BCUT2D eigenvalue weighted by Gasteiger charge is -2.08. The summed E-state index contributed by atoms with van der Waals surface area (Å²) in [5.74, 6) is 6.07. The summed E-state index contributed by atoms with van der Waals surface area (Å²) in [6.07, 6.45) is 1.80. The SMILES string of the molecule is CCCOc1nc(NN)nc(NCCc2cccs2)n1. The van der Waals surface area contributed by atoms with Crippen molar-refractivity contribution in [3.8, 4) is 6.01 Å². The minimum Gasteiger partial charge on any atom is -0.463 e. The standard InChI is InChI=1S/C12H18N6OS/c1-2-7-19-12-16-10(15-11(17-12)18-13)14-6-5-9-4-3-8-20-9/h3-4,8H,2,5-7,13H2,1H3,(H2,14,15,16,17,18). The maximum absolute atomic E-state index is 5.39. The summed E-state index contributed by atoms with van der Waals surface area (Å²) in [5.41, 5.74) is 2.41. The Labute approximate surface area is 121 Å². The molecular formula is C12H18N6OS. The van der Waals surface area contributed by atoms with Gasteiger partial charge in [-0.2, -0.15) is 15.0 Å². The predicted octanol–water partition coefficient (Wildman–Crippen LogP) is 1.66. The number of nitrogens with zero attached hydrogens (tertiary/aromatic N) is 3. The van der Waals surface area contributed by atoms with E-state index in [9.17, 15) is 0 Å². The van der Waals surface area contributed by atoms with Gasteiger partial charge in [-0.15, -0.1) is 11.3 Å². The number of hydrogen-bond donors (Lipinski definition) is 3. The molecule has 2 rings (SSSR count). The largest absolute Gasteiger partial charge is 0.463 e. The first kappa shape index (κ1) is 14.5. The van der Waals surface area contributed by atoms with Gasteiger partial charge in [0.25, 0.3) is 0 Å². The molecule has 20 heavy (non-hydrogen) atoms. The Bertz CT molecular complexity index is 519. The van der Waals surface area contributed by atoms with Gasteiger partial charge in [-0.05, 0) is 24.3 Å². The van der Waals surface area contributed by atoms with Gasteiger partial charge in [-0.1, -0.05) is 13.0 Å². The smallest absolute Gasteiger partial charge is 0.323 e. The molecule has 0 amide bonds. The summed E-state index contributed by atoms with van der Waals surface area (Å²) in [7, 11) is 0. The second-order valence-electron chi connectivity index (χ2n) is 4.01. The molecule has 0 bridgehead atoms. The Balaban J connectivity index is 1.94. The fourth-order valence-electron chi connectivity index (χ4n) is 1.51.